The van der Waals surface area contributed by atoms with Crippen LogP contribution >= 0.6 is 0 Å². The molecule has 1 saturated carbocycles. The maximum atomic E-state index is 13.5. The molecule has 0 saturated heterocycles. The number of rotatable bonds is 4. The standard InChI is InChI=1S/C15H20FNO3/c16-14-7-12(19)5-6-13(14)15(20)17-8-10-3-1-2-4-11(10)9-18/h5-7,10-11,18-19H,1-4,8-9H2,(H,17,20). The molecule has 2 unspecified atom stereocenters. The molecule has 0 spiro atoms. The average Bonchev–Trinajstić information content (AvgIpc) is 2.45. The second-order valence-electron chi connectivity index (χ2n) is 5.36. The van der Waals surface area contributed by atoms with Gasteiger partial charge in [-0.3, -0.25) is 4.79 Å². The first-order chi connectivity index (χ1) is 9.61. The van der Waals surface area contributed by atoms with Gasteiger partial charge in [-0.05, 0) is 36.8 Å². The molecule has 0 bridgehead atoms. The fourth-order valence-electron chi connectivity index (χ4n) is 2.80. The van der Waals surface area contributed by atoms with E-state index in [1.165, 1.54) is 12.1 Å². The number of carbonyl (C=O) groups excluding carboxylic acids is 1. The molecule has 3 N–H and O–H groups in total. The lowest BCUT2D eigenvalue weighted by Gasteiger charge is -2.30. The van der Waals surface area contributed by atoms with E-state index in [1.807, 2.05) is 0 Å². The third-order valence-corrected chi connectivity index (χ3v) is 4.02. The smallest absolute Gasteiger partial charge is 0.254 e. The highest BCUT2D eigenvalue weighted by molar-refractivity contribution is 5.94. The van der Waals surface area contributed by atoms with Crippen LogP contribution in [0.25, 0.3) is 0 Å². The summed E-state index contributed by atoms with van der Waals surface area (Å²) in [5, 5.41) is 21.2. The van der Waals surface area contributed by atoms with Gasteiger partial charge in [-0.25, -0.2) is 4.39 Å². The van der Waals surface area contributed by atoms with Gasteiger partial charge in [0.1, 0.15) is 11.6 Å². The van der Waals surface area contributed by atoms with Gasteiger partial charge in [0.2, 0.25) is 0 Å². The second-order valence-corrected chi connectivity index (χ2v) is 5.36. The maximum Gasteiger partial charge on any atom is 0.254 e. The minimum Gasteiger partial charge on any atom is -0.508 e. The van der Waals surface area contributed by atoms with Crippen molar-refractivity contribution >= 4 is 5.91 Å². The molecule has 110 valence electrons. The first-order valence-corrected chi connectivity index (χ1v) is 6.99. The SMILES string of the molecule is O=C(NCC1CCCCC1CO)c1ccc(O)cc1F. The first kappa shape index (κ1) is 14.8. The third kappa shape index (κ3) is 3.48. The Balaban J connectivity index is 1.94. The summed E-state index contributed by atoms with van der Waals surface area (Å²) in [7, 11) is 0. The molecule has 0 aromatic heterocycles. The summed E-state index contributed by atoms with van der Waals surface area (Å²) >= 11 is 0. The van der Waals surface area contributed by atoms with Gasteiger partial charge in [0.05, 0.1) is 5.56 Å². The molecule has 5 heteroatoms. The van der Waals surface area contributed by atoms with E-state index in [0.717, 1.165) is 31.7 Å². The topological polar surface area (TPSA) is 69.6 Å². The van der Waals surface area contributed by atoms with E-state index in [9.17, 15) is 14.3 Å². The maximum absolute atomic E-state index is 13.5. The first-order valence-electron chi connectivity index (χ1n) is 6.99. The van der Waals surface area contributed by atoms with Crippen LogP contribution in [0.2, 0.25) is 0 Å². The van der Waals surface area contributed by atoms with Gasteiger partial charge in [0, 0.05) is 19.2 Å². The van der Waals surface area contributed by atoms with E-state index in [0.29, 0.717) is 6.54 Å². The number of hydrogen-bond donors (Lipinski definition) is 3. The summed E-state index contributed by atoms with van der Waals surface area (Å²) in [5.74, 6) is -0.951. The molecule has 1 fully saturated rings. The zero-order valence-electron chi connectivity index (χ0n) is 11.3. The Morgan fingerprint density at radius 1 is 1.30 bits per heavy atom. The predicted molar refractivity (Wildman–Crippen MR) is 72.9 cm³/mol. The van der Waals surface area contributed by atoms with Gasteiger partial charge < -0.3 is 15.5 Å². The van der Waals surface area contributed by atoms with Crippen LogP contribution in [0.5, 0.6) is 5.75 Å². The van der Waals surface area contributed by atoms with Crippen molar-refractivity contribution in [2.24, 2.45) is 11.8 Å². The highest BCUT2D eigenvalue weighted by Gasteiger charge is 2.25. The fourth-order valence-corrected chi connectivity index (χ4v) is 2.80. The van der Waals surface area contributed by atoms with Crippen LogP contribution in [0.15, 0.2) is 18.2 Å². The summed E-state index contributed by atoms with van der Waals surface area (Å²) in [5.41, 5.74) is -0.0702. The van der Waals surface area contributed by atoms with E-state index in [2.05, 4.69) is 5.32 Å². The summed E-state index contributed by atoms with van der Waals surface area (Å²) in [6.45, 7) is 0.582. The van der Waals surface area contributed by atoms with Crippen LogP contribution in [-0.2, 0) is 0 Å². The summed E-state index contributed by atoms with van der Waals surface area (Å²) in [4.78, 5) is 11.9. The van der Waals surface area contributed by atoms with Crippen molar-refractivity contribution < 1.29 is 19.4 Å². The van der Waals surface area contributed by atoms with Gasteiger partial charge in [-0.2, -0.15) is 0 Å². The molecule has 1 aliphatic carbocycles. The lowest BCUT2D eigenvalue weighted by molar-refractivity contribution is 0.0905. The van der Waals surface area contributed by atoms with Gasteiger partial charge in [-0.15, -0.1) is 0 Å². The Bertz CT molecular complexity index is 478. The molecule has 2 rings (SSSR count). The lowest BCUT2D eigenvalue weighted by atomic mass is 9.79. The van der Waals surface area contributed by atoms with Crippen LogP contribution in [0.3, 0.4) is 0 Å². The molecule has 4 nitrogen and oxygen atoms in total. The molecule has 0 heterocycles. The predicted octanol–water partition coefficient (Wildman–Crippen LogP) is 2.06. The largest absolute Gasteiger partial charge is 0.508 e. The van der Waals surface area contributed by atoms with Crippen molar-refractivity contribution in [1.29, 1.82) is 0 Å². The average molecular weight is 281 g/mol. The summed E-state index contributed by atoms with van der Waals surface area (Å²) in [6.07, 6.45) is 4.17. The van der Waals surface area contributed by atoms with Crippen molar-refractivity contribution in [3.05, 3.63) is 29.6 Å². The quantitative estimate of drug-likeness (QED) is 0.791. The molecule has 2 atom stereocenters. The molecule has 0 aliphatic heterocycles. The van der Waals surface area contributed by atoms with E-state index in [4.69, 9.17) is 5.11 Å². The molecule has 0 radical (unpaired) electrons. The molecular formula is C15H20FNO3. The van der Waals surface area contributed by atoms with Gasteiger partial charge in [-0.1, -0.05) is 12.8 Å². The summed E-state index contributed by atoms with van der Waals surface area (Å²) < 4.78 is 13.5. The van der Waals surface area contributed by atoms with Crippen molar-refractivity contribution in [3.8, 4) is 5.75 Å². The number of carbonyl (C=O) groups is 1. The molecule has 1 aliphatic rings. The number of benzene rings is 1. The zero-order chi connectivity index (χ0) is 14.5. The van der Waals surface area contributed by atoms with Crippen LogP contribution in [0.4, 0.5) is 4.39 Å². The Morgan fingerprint density at radius 2 is 2.00 bits per heavy atom. The number of halogens is 1. The number of aliphatic hydroxyl groups excluding tert-OH is 1. The molecule has 20 heavy (non-hydrogen) atoms. The monoisotopic (exact) mass is 281 g/mol. The van der Waals surface area contributed by atoms with Crippen LogP contribution in [0, 0.1) is 17.7 Å². The molecule has 1 aromatic rings. The minimum absolute atomic E-state index is 0.0702. The van der Waals surface area contributed by atoms with Gasteiger partial charge in [0.25, 0.3) is 5.91 Å². The molecular weight excluding hydrogens is 261 g/mol. The Morgan fingerprint density at radius 3 is 2.65 bits per heavy atom. The number of nitrogens with one attached hydrogen (secondary N) is 1. The Hall–Kier alpha value is -1.62. The Kier molecular flexibility index (Phi) is 4.95. The van der Waals surface area contributed by atoms with Crippen molar-refractivity contribution in [2.45, 2.75) is 25.7 Å². The number of aliphatic hydroxyl groups is 1. The van der Waals surface area contributed by atoms with Crippen LogP contribution in [-0.4, -0.2) is 29.3 Å². The lowest BCUT2D eigenvalue weighted by Crippen LogP contribution is -2.35. The van der Waals surface area contributed by atoms with Crippen molar-refractivity contribution in [3.63, 3.8) is 0 Å². The van der Waals surface area contributed by atoms with Crippen molar-refractivity contribution in [1.82, 2.24) is 5.32 Å². The van der Waals surface area contributed by atoms with E-state index >= 15 is 0 Å². The number of phenolic OH excluding ortho intramolecular Hbond substituents is 1. The third-order valence-electron chi connectivity index (χ3n) is 4.02. The minimum atomic E-state index is -0.732. The number of aromatic hydroxyl groups is 1. The summed E-state index contributed by atoms with van der Waals surface area (Å²) in [6, 6.07) is 3.48. The van der Waals surface area contributed by atoms with Crippen LogP contribution in [0.1, 0.15) is 36.0 Å². The number of phenols is 1. The number of amides is 1. The molecule has 1 aromatic carbocycles. The fraction of sp³-hybridized carbons (Fsp3) is 0.533. The normalized spacial score (nSPS) is 22.5. The number of hydrogen-bond acceptors (Lipinski definition) is 3. The highest BCUT2D eigenvalue weighted by Crippen LogP contribution is 2.29. The zero-order valence-corrected chi connectivity index (χ0v) is 11.3. The van der Waals surface area contributed by atoms with E-state index < -0.39 is 11.7 Å². The highest BCUT2D eigenvalue weighted by atomic mass is 19.1. The van der Waals surface area contributed by atoms with Crippen molar-refractivity contribution in [2.75, 3.05) is 13.2 Å². The van der Waals surface area contributed by atoms with Gasteiger partial charge >= 0.3 is 0 Å². The van der Waals surface area contributed by atoms with Gasteiger partial charge in [0.15, 0.2) is 0 Å². The van der Waals surface area contributed by atoms with E-state index in [-0.39, 0.29) is 29.8 Å². The molecule has 1 amide bonds. The van der Waals surface area contributed by atoms with Crippen LogP contribution < -0.4 is 5.32 Å². The second kappa shape index (κ2) is 6.70. The Labute approximate surface area is 117 Å². The van der Waals surface area contributed by atoms with E-state index in [1.54, 1.807) is 0 Å².